The normalized spacial score (nSPS) is 13.9. The quantitative estimate of drug-likeness (QED) is 0.662. The molecule has 0 radical (unpaired) electrons. The van der Waals surface area contributed by atoms with Crippen molar-refractivity contribution in [3.05, 3.63) is 35.9 Å². The van der Waals surface area contributed by atoms with Crippen molar-refractivity contribution in [1.29, 1.82) is 0 Å². The molecule has 0 aromatic heterocycles. The first-order valence-electron chi connectivity index (χ1n) is 4.34. The summed E-state index contributed by atoms with van der Waals surface area (Å²) in [6.45, 7) is 1.74. The molecule has 0 heterocycles. The van der Waals surface area contributed by atoms with E-state index in [9.17, 15) is 4.57 Å². The first kappa shape index (κ1) is 11.4. The molecule has 14 heavy (non-hydrogen) atoms. The lowest BCUT2D eigenvalue weighted by Gasteiger charge is -2.14. The van der Waals surface area contributed by atoms with Crippen molar-refractivity contribution in [2.24, 2.45) is 0 Å². The topological polar surface area (TPSA) is 69.6 Å². The summed E-state index contributed by atoms with van der Waals surface area (Å²) in [5.74, 6) is 0. The summed E-state index contributed by atoms with van der Waals surface area (Å²) in [4.78, 5) is 17.3. The Morgan fingerprint density at radius 1 is 1.36 bits per heavy atom. The molecule has 0 saturated carbocycles. The van der Waals surface area contributed by atoms with Crippen LogP contribution in [0.2, 0.25) is 0 Å². The average molecular weight is 215 g/mol. The first-order valence-corrected chi connectivity index (χ1v) is 5.96. The Morgan fingerprint density at radius 3 is 2.43 bits per heavy atom. The first-order chi connectivity index (χ1) is 6.47. The van der Waals surface area contributed by atoms with E-state index in [0.717, 1.165) is 5.56 Å². The van der Waals surface area contributed by atoms with Gasteiger partial charge in [-0.15, -0.1) is 0 Å². The second kappa shape index (κ2) is 4.71. The van der Waals surface area contributed by atoms with Crippen molar-refractivity contribution >= 4 is 7.75 Å². The molecule has 0 saturated heterocycles. The summed E-state index contributed by atoms with van der Waals surface area (Å²) in [6.07, 6.45) is 0.603. The minimum atomic E-state index is -4.11. The van der Waals surface area contributed by atoms with Crippen LogP contribution in [0.4, 0.5) is 0 Å². The fraction of sp³-hybridized carbons (Fsp3) is 0.333. The molecule has 4 nitrogen and oxygen atoms in total. The molecule has 1 unspecified atom stereocenters. The minimum Gasteiger partial charge on any atom is -0.313 e. The Hall–Kier alpha value is -0.670. The summed E-state index contributed by atoms with van der Waals surface area (Å²) < 4.78 is 10.6. The molecule has 3 N–H and O–H groups in total. The predicted octanol–water partition coefficient (Wildman–Crippen LogP) is 1.30. The molecule has 1 atom stereocenters. The van der Waals surface area contributed by atoms with Gasteiger partial charge in [0, 0.05) is 6.04 Å². The van der Waals surface area contributed by atoms with Gasteiger partial charge in [0.2, 0.25) is 0 Å². The second-order valence-corrected chi connectivity index (χ2v) is 4.61. The fourth-order valence-electron chi connectivity index (χ4n) is 1.30. The summed E-state index contributed by atoms with van der Waals surface area (Å²) >= 11 is 0. The van der Waals surface area contributed by atoms with Crippen LogP contribution in [-0.4, -0.2) is 15.8 Å². The molecule has 1 aromatic rings. The van der Waals surface area contributed by atoms with Gasteiger partial charge in [0.25, 0.3) is 0 Å². The van der Waals surface area contributed by atoms with Crippen LogP contribution < -0.4 is 5.09 Å². The third kappa shape index (κ3) is 4.53. The van der Waals surface area contributed by atoms with Crippen LogP contribution >= 0.6 is 7.75 Å². The molecule has 0 aliphatic rings. The average Bonchev–Trinajstić information content (AvgIpc) is 2.02. The molecule has 0 amide bonds. The lowest BCUT2D eigenvalue weighted by atomic mass is 10.1. The van der Waals surface area contributed by atoms with Crippen LogP contribution in [0.5, 0.6) is 0 Å². The fourth-order valence-corrected chi connectivity index (χ4v) is 1.97. The van der Waals surface area contributed by atoms with Crippen molar-refractivity contribution in [3.8, 4) is 0 Å². The molecule has 0 fully saturated rings. The van der Waals surface area contributed by atoms with Crippen molar-refractivity contribution in [3.63, 3.8) is 0 Å². The highest BCUT2D eigenvalue weighted by molar-refractivity contribution is 7.49. The van der Waals surface area contributed by atoms with Gasteiger partial charge >= 0.3 is 7.75 Å². The van der Waals surface area contributed by atoms with Gasteiger partial charge in [-0.05, 0) is 18.9 Å². The van der Waals surface area contributed by atoms with Crippen LogP contribution in [0.3, 0.4) is 0 Å². The SMILES string of the molecule is CC(Cc1ccccc1)NP(=O)(O)O. The van der Waals surface area contributed by atoms with Gasteiger partial charge < -0.3 is 9.79 Å². The van der Waals surface area contributed by atoms with E-state index in [2.05, 4.69) is 5.09 Å². The molecule has 1 rings (SSSR count). The van der Waals surface area contributed by atoms with E-state index in [1.165, 1.54) is 0 Å². The number of rotatable bonds is 4. The van der Waals surface area contributed by atoms with Crippen LogP contribution in [-0.2, 0) is 11.0 Å². The lowest BCUT2D eigenvalue weighted by molar-refractivity contribution is 0.349. The maximum Gasteiger partial charge on any atom is 0.400 e. The minimum absolute atomic E-state index is 0.238. The summed E-state index contributed by atoms with van der Waals surface area (Å²) in [6, 6.07) is 9.33. The van der Waals surface area contributed by atoms with E-state index >= 15 is 0 Å². The van der Waals surface area contributed by atoms with Gasteiger partial charge in [-0.2, -0.15) is 0 Å². The zero-order valence-electron chi connectivity index (χ0n) is 7.92. The van der Waals surface area contributed by atoms with Gasteiger partial charge in [0.15, 0.2) is 0 Å². The number of hydrogen-bond donors (Lipinski definition) is 3. The van der Waals surface area contributed by atoms with Gasteiger partial charge in [0.05, 0.1) is 0 Å². The summed E-state index contributed by atoms with van der Waals surface area (Å²) in [5.41, 5.74) is 1.06. The molecular weight excluding hydrogens is 201 g/mol. The molecule has 0 spiro atoms. The lowest BCUT2D eigenvalue weighted by Crippen LogP contribution is -2.24. The van der Waals surface area contributed by atoms with Gasteiger partial charge in [0.1, 0.15) is 0 Å². The largest absolute Gasteiger partial charge is 0.400 e. The van der Waals surface area contributed by atoms with Crippen LogP contribution in [0.1, 0.15) is 12.5 Å². The molecule has 5 heteroatoms. The van der Waals surface area contributed by atoms with E-state index in [4.69, 9.17) is 9.79 Å². The highest BCUT2D eigenvalue weighted by Crippen LogP contribution is 2.29. The molecule has 0 bridgehead atoms. The van der Waals surface area contributed by atoms with Crippen molar-refractivity contribution in [2.45, 2.75) is 19.4 Å². The van der Waals surface area contributed by atoms with E-state index in [0.29, 0.717) is 6.42 Å². The Bertz CT molecular complexity index is 322. The highest BCUT2D eigenvalue weighted by atomic mass is 31.2. The molecule has 0 aliphatic carbocycles. The third-order valence-electron chi connectivity index (χ3n) is 1.77. The molecule has 78 valence electrons. The Morgan fingerprint density at radius 2 is 1.93 bits per heavy atom. The van der Waals surface area contributed by atoms with Crippen molar-refractivity contribution < 1.29 is 14.4 Å². The van der Waals surface area contributed by atoms with Gasteiger partial charge in [-0.25, -0.2) is 9.65 Å². The maximum atomic E-state index is 10.6. The molecule has 1 aromatic carbocycles. The Labute approximate surface area is 83.2 Å². The Balaban J connectivity index is 2.50. The van der Waals surface area contributed by atoms with Crippen molar-refractivity contribution in [1.82, 2.24) is 5.09 Å². The number of benzene rings is 1. The number of hydrogen-bond acceptors (Lipinski definition) is 1. The van der Waals surface area contributed by atoms with Gasteiger partial charge in [-0.1, -0.05) is 30.3 Å². The van der Waals surface area contributed by atoms with E-state index in [1.807, 2.05) is 30.3 Å². The van der Waals surface area contributed by atoms with Crippen LogP contribution in [0, 0.1) is 0 Å². The molecular formula is C9H14NO3P. The van der Waals surface area contributed by atoms with Crippen molar-refractivity contribution in [2.75, 3.05) is 0 Å². The standard InChI is InChI=1S/C9H14NO3P/c1-8(10-14(11,12)13)7-9-5-3-2-4-6-9/h2-6,8H,7H2,1H3,(H3,10,11,12,13). The third-order valence-corrected chi connectivity index (χ3v) is 2.55. The zero-order valence-corrected chi connectivity index (χ0v) is 8.82. The van der Waals surface area contributed by atoms with Crippen LogP contribution in [0.15, 0.2) is 30.3 Å². The van der Waals surface area contributed by atoms with E-state index in [-0.39, 0.29) is 6.04 Å². The zero-order chi connectivity index (χ0) is 10.6. The van der Waals surface area contributed by atoms with E-state index < -0.39 is 7.75 Å². The monoisotopic (exact) mass is 215 g/mol. The second-order valence-electron chi connectivity index (χ2n) is 3.26. The van der Waals surface area contributed by atoms with Crippen LogP contribution in [0.25, 0.3) is 0 Å². The van der Waals surface area contributed by atoms with Gasteiger partial charge in [-0.3, -0.25) is 0 Å². The summed E-state index contributed by atoms with van der Waals surface area (Å²) in [5, 5.41) is 2.23. The highest BCUT2D eigenvalue weighted by Gasteiger charge is 2.16. The Kier molecular flexibility index (Phi) is 3.84. The smallest absolute Gasteiger partial charge is 0.313 e. The number of nitrogens with one attached hydrogen (secondary N) is 1. The maximum absolute atomic E-state index is 10.6. The summed E-state index contributed by atoms with van der Waals surface area (Å²) in [7, 11) is -4.11. The molecule has 0 aliphatic heterocycles. The van der Waals surface area contributed by atoms with E-state index in [1.54, 1.807) is 6.92 Å². The predicted molar refractivity (Wildman–Crippen MR) is 54.8 cm³/mol.